The highest BCUT2D eigenvalue weighted by Gasteiger charge is 2.04. The smallest absolute Gasteiger partial charge is 0.176 e. The van der Waals surface area contributed by atoms with Gasteiger partial charge in [0.2, 0.25) is 0 Å². The Morgan fingerprint density at radius 2 is 1.42 bits per heavy atom. The number of aryl methyl sites for hydroxylation is 1. The van der Waals surface area contributed by atoms with E-state index in [0.717, 1.165) is 6.54 Å². The highest BCUT2D eigenvalue weighted by Crippen LogP contribution is 2.15. The van der Waals surface area contributed by atoms with Crippen LogP contribution in [0.1, 0.15) is 71.1 Å². The number of rotatable bonds is 12. The summed E-state index contributed by atoms with van der Waals surface area (Å²) in [5.74, 6) is 0. The Morgan fingerprint density at radius 1 is 0.808 bits per heavy atom. The number of nitrogens with zero attached hydrogens (tertiary/aromatic N) is 2. The average molecular weight is 486 g/mol. The SMILES string of the molecule is Br.CCCCCCCCCCCC[n+]1cccc(-c2cccnc2)c1.[Br-]. The maximum absolute atomic E-state index is 4.21. The summed E-state index contributed by atoms with van der Waals surface area (Å²) in [6.45, 7) is 3.40. The van der Waals surface area contributed by atoms with E-state index in [4.69, 9.17) is 0 Å². The lowest BCUT2D eigenvalue weighted by Crippen LogP contribution is -3.00. The van der Waals surface area contributed by atoms with Crippen LogP contribution in [0.3, 0.4) is 0 Å². The molecule has 0 spiro atoms. The number of hydrogen-bond acceptors (Lipinski definition) is 1. The third-order valence-corrected chi connectivity index (χ3v) is 4.62. The van der Waals surface area contributed by atoms with E-state index in [1.807, 2.05) is 18.5 Å². The number of halogens is 2. The standard InChI is InChI=1S/C22H33N2.2BrH/c1-2-3-4-5-6-7-8-9-10-11-17-24-18-13-15-22(20-24)21-14-12-16-23-19-21;;/h12-16,18-20H,2-11,17H2,1H3;2*1H/q+1;;/p-1. The predicted molar refractivity (Wildman–Crippen MR) is 112 cm³/mol. The molecule has 0 saturated heterocycles. The largest absolute Gasteiger partial charge is 1.00 e. The molecule has 0 bridgehead atoms. The van der Waals surface area contributed by atoms with E-state index in [1.165, 1.54) is 75.3 Å². The fraction of sp³-hybridized carbons (Fsp3) is 0.545. The van der Waals surface area contributed by atoms with Crippen molar-refractivity contribution in [1.82, 2.24) is 4.98 Å². The Labute approximate surface area is 181 Å². The molecule has 2 aromatic heterocycles. The third kappa shape index (κ3) is 10.4. The van der Waals surface area contributed by atoms with Gasteiger partial charge >= 0.3 is 0 Å². The van der Waals surface area contributed by atoms with Gasteiger partial charge in [0.25, 0.3) is 0 Å². The molecule has 0 radical (unpaired) electrons. The van der Waals surface area contributed by atoms with Gasteiger partial charge in [0.1, 0.15) is 6.54 Å². The van der Waals surface area contributed by atoms with Gasteiger partial charge < -0.3 is 17.0 Å². The molecule has 0 unspecified atom stereocenters. The van der Waals surface area contributed by atoms with Crippen LogP contribution in [0.2, 0.25) is 0 Å². The molecule has 0 fully saturated rings. The summed E-state index contributed by atoms with van der Waals surface area (Å²) in [7, 11) is 0. The molecule has 26 heavy (non-hydrogen) atoms. The number of unbranched alkanes of at least 4 members (excludes halogenated alkanes) is 9. The van der Waals surface area contributed by atoms with Crippen molar-refractivity contribution in [3.63, 3.8) is 0 Å². The molecular weight excluding hydrogens is 452 g/mol. The molecule has 2 nitrogen and oxygen atoms in total. The molecule has 146 valence electrons. The van der Waals surface area contributed by atoms with Crippen LogP contribution < -0.4 is 21.5 Å². The molecule has 0 aliphatic rings. The van der Waals surface area contributed by atoms with E-state index >= 15 is 0 Å². The first-order valence-electron chi connectivity index (χ1n) is 9.79. The van der Waals surface area contributed by atoms with Gasteiger partial charge in [0, 0.05) is 36.0 Å². The van der Waals surface area contributed by atoms with Crippen molar-refractivity contribution in [3.05, 3.63) is 49.1 Å². The van der Waals surface area contributed by atoms with E-state index in [1.54, 1.807) is 0 Å². The van der Waals surface area contributed by atoms with Crippen molar-refractivity contribution < 1.29 is 21.5 Å². The van der Waals surface area contributed by atoms with Gasteiger partial charge in [-0.1, -0.05) is 64.4 Å². The minimum Gasteiger partial charge on any atom is -1.00 e. The normalized spacial score (nSPS) is 10.0. The fourth-order valence-corrected chi connectivity index (χ4v) is 3.15. The van der Waals surface area contributed by atoms with Gasteiger partial charge in [-0.2, -0.15) is 0 Å². The zero-order valence-corrected chi connectivity index (χ0v) is 19.4. The first kappa shape index (κ1) is 25.3. The van der Waals surface area contributed by atoms with Crippen molar-refractivity contribution in [2.75, 3.05) is 0 Å². The van der Waals surface area contributed by atoms with Crippen LogP contribution in [-0.4, -0.2) is 4.98 Å². The molecule has 2 heterocycles. The van der Waals surface area contributed by atoms with Gasteiger partial charge in [-0.15, -0.1) is 17.0 Å². The zero-order chi connectivity index (χ0) is 16.9. The van der Waals surface area contributed by atoms with Crippen molar-refractivity contribution >= 4 is 17.0 Å². The van der Waals surface area contributed by atoms with Crippen molar-refractivity contribution in [3.8, 4) is 11.1 Å². The molecule has 2 aromatic rings. The molecule has 0 saturated carbocycles. The fourth-order valence-electron chi connectivity index (χ4n) is 3.15. The highest BCUT2D eigenvalue weighted by molar-refractivity contribution is 8.93. The number of pyridine rings is 2. The quantitative estimate of drug-likeness (QED) is 0.332. The summed E-state index contributed by atoms with van der Waals surface area (Å²) in [6.07, 6.45) is 22.1. The third-order valence-electron chi connectivity index (χ3n) is 4.62. The zero-order valence-electron chi connectivity index (χ0n) is 16.1. The summed E-state index contributed by atoms with van der Waals surface area (Å²) >= 11 is 0. The Hall–Kier alpha value is -0.740. The number of aromatic nitrogens is 2. The van der Waals surface area contributed by atoms with E-state index in [2.05, 4.69) is 47.1 Å². The lowest BCUT2D eigenvalue weighted by molar-refractivity contribution is -0.696. The van der Waals surface area contributed by atoms with Crippen LogP contribution in [0.25, 0.3) is 11.1 Å². The monoisotopic (exact) mass is 484 g/mol. The molecule has 0 amide bonds. The van der Waals surface area contributed by atoms with E-state index in [0.29, 0.717) is 0 Å². The van der Waals surface area contributed by atoms with Crippen LogP contribution in [-0.2, 0) is 6.54 Å². The summed E-state index contributed by atoms with van der Waals surface area (Å²) in [5, 5.41) is 0. The Morgan fingerprint density at radius 3 is 2.04 bits per heavy atom. The topological polar surface area (TPSA) is 16.8 Å². The Kier molecular flexibility index (Phi) is 16.0. The van der Waals surface area contributed by atoms with E-state index in [-0.39, 0.29) is 34.0 Å². The maximum atomic E-state index is 4.21. The Balaban J connectivity index is 0.00000312. The molecule has 0 atom stereocenters. The van der Waals surface area contributed by atoms with Crippen LogP contribution >= 0.6 is 17.0 Å². The Bertz CT molecular complexity index is 561. The van der Waals surface area contributed by atoms with Gasteiger partial charge in [-0.3, -0.25) is 4.98 Å². The highest BCUT2D eigenvalue weighted by atomic mass is 79.9. The van der Waals surface area contributed by atoms with E-state index < -0.39 is 0 Å². The molecule has 0 N–H and O–H groups in total. The molecule has 0 aromatic carbocycles. The van der Waals surface area contributed by atoms with Crippen LogP contribution in [0.5, 0.6) is 0 Å². The average Bonchev–Trinajstić information content (AvgIpc) is 2.64. The van der Waals surface area contributed by atoms with Gasteiger partial charge in [0.05, 0.1) is 0 Å². The molecule has 0 aliphatic heterocycles. The lowest BCUT2D eigenvalue weighted by atomic mass is 10.1. The molecule has 4 heteroatoms. The predicted octanol–water partition coefficient (Wildman–Crippen LogP) is 3.54. The molecule has 2 rings (SSSR count). The molecular formula is C22H34Br2N2. The summed E-state index contributed by atoms with van der Waals surface area (Å²) < 4.78 is 2.31. The van der Waals surface area contributed by atoms with Crippen LogP contribution in [0.4, 0.5) is 0 Å². The first-order chi connectivity index (χ1) is 11.9. The van der Waals surface area contributed by atoms with Crippen molar-refractivity contribution in [2.24, 2.45) is 0 Å². The minimum absolute atomic E-state index is 0. The first-order valence-corrected chi connectivity index (χ1v) is 9.79. The summed E-state index contributed by atoms with van der Waals surface area (Å²) in [6, 6.07) is 8.41. The van der Waals surface area contributed by atoms with Crippen LogP contribution in [0, 0.1) is 0 Å². The van der Waals surface area contributed by atoms with Gasteiger partial charge in [0.15, 0.2) is 12.4 Å². The lowest BCUT2D eigenvalue weighted by Gasteiger charge is -2.02. The molecule has 0 aliphatic carbocycles. The van der Waals surface area contributed by atoms with Crippen molar-refractivity contribution in [1.29, 1.82) is 0 Å². The van der Waals surface area contributed by atoms with Gasteiger partial charge in [-0.05, 0) is 18.6 Å². The number of hydrogen-bond donors (Lipinski definition) is 0. The summed E-state index contributed by atoms with van der Waals surface area (Å²) in [5.41, 5.74) is 2.44. The second-order valence-electron chi connectivity index (χ2n) is 6.75. The maximum Gasteiger partial charge on any atom is 0.176 e. The van der Waals surface area contributed by atoms with Crippen molar-refractivity contribution in [2.45, 2.75) is 77.7 Å². The summed E-state index contributed by atoms with van der Waals surface area (Å²) in [4.78, 5) is 4.21. The second-order valence-corrected chi connectivity index (χ2v) is 6.75. The second kappa shape index (κ2) is 16.4. The van der Waals surface area contributed by atoms with Crippen LogP contribution in [0.15, 0.2) is 49.1 Å². The van der Waals surface area contributed by atoms with Gasteiger partial charge in [-0.25, -0.2) is 4.57 Å². The van der Waals surface area contributed by atoms with E-state index in [9.17, 15) is 0 Å². The minimum atomic E-state index is 0.